The van der Waals surface area contributed by atoms with Gasteiger partial charge in [-0.25, -0.2) is 15.4 Å². The Morgan fingerprint density at radius 3 is 2.61 bits per heavy atom. The molecule has 2 N–H and O–H groups in total. The summed E-state index contributed by atoms with van der Waals surface area (Å²) in [5, 5.41) is 0. The molecule has 0 unspecified atom stereocenters. The first kappa shape index (κ1) is 18.7. The summed E-state index contributed by atoms with van der Waals surface area (Å²) in [5.41, 5.74) is 9.90. The highest BCUT2D eigenvalue weighted by atomic mass is 16.2. The second kappa shape index (κ2) is 8.14. The van der Waals surface area contributed by atoms with E-state index in [2.05, 4.69) is 26.8 Å². The van der Waals surface area contributed by atoms with E-state index in [1.54, 1.807) is 6.20 Å². The highest BCUT2D eigenvalue weighted by Gasteiger charge is 2.24. The van der Waals surface area contributed by atoms with Crippen LogP contribution in [0.15, 0.2) is 24.5 Å². The maximum atomic E-state index is 12.8. The predicted octanol–water partition coefficient (Wildman–Crippen LogP) is 3.04. The molecule has 4 rings (SSSR count). The van der Waals surface area contributed by atoms with Crippen LogP contribution in [0.5, 0.6) is 0 Å². The Labute approximate surface area is 166 Å². The molecular weight excluding hydrogens is 352 g/mol. The Morgan fingerprint density at radius 1 is 1.04 bits per heavy atom. The van der Waals surface area contributed by atoms with Gasteiger partial charge in [-0.2, -0.15) is 0 Å². The molecule has 2 aromatic rings. The molecule has 0 radical (unpaired) electrons. The summed E-state index contributed by atoms with van der Waals surface area (Å²) in [6, 6.07) is 4.17. The van der Waals surface area contributed by atoms with Crippen LogP contribution in [-0.4, -0.2) is 47.5 Å². The molecule has 28 heavy (non-hydrogen) atoms. The van der Waals surface area contributed by atoms with Crippen molar-refractivity contribution >= 4 is 23.2 Å². The number of anilines is 3. The second-order valence-corrected chi connectivity index (χ2v) is 7.55. The van der Waals surface area contributed by atoms with E-state index < -0.39 is 0 Å². The van der Waals surface area contributed by atoms with Crippen molar-refractivity contribution < 1.29 is 4.79 Å². The monoisotopic (exact) mass is 380 g/mol. The van der Waals surface area contributed by atoms with Crippen molar-refractivity contribution in [2.75, 3.05) is 37.0 Å². The van der Waals surface area contributed by atoms with Gasteiger partial charge in [0, 0.05) is 32.9 Å². The molecule has 2 aliphatic heterocycles. The van der Waals surface area contributed by atoms with E-state index in [9.17, 15) is 4.79 Å². The van der Waals surface area contributed by atoms with E-state index in [4.69, 9.17) is 4.98 Å². The zero-order valence-corrected chi connectivity index (χ0v) is 16.7. The van der Waals surface area contributed by atoms with Gasteiger partial charge in [0.15, 0.2) is 0 Å². The van der Waals surface area contributed by atoms with Crippen LogP contribution in [0.3, 0.4) is 0 Å². The van der Waals surface area contributed by atoms with Gasteiger partial charge in [0.2, 0.25) is 0 Å². The summed E-state index contributed by atoms with van der Waals surface area (Å²) in [5.74, 6) is 1.88. The van der Waals surface area contributed by atoms with Crippen molar-refractivity contribution in [1.29, 1.82) is 0 Å². The van der Waals surface area contributed by atoms with Gasteiger partial charge in [0.25, 0.3) is 5.91 Å². The molecule has 0 atom stereocenters. The Hall–Kier alpha value is -2.67. The highest BCUT2D eigenvalue weighted by molar-refractivity contribution is 5.94. The Bertz CT molecular complexity index is 862. The van der Waals surface area contributed by atoms with E-state index in [1.807, 2.05) is 31.1 Å². The minimum Gasteiger partial charge on any atom is -0.339 e. The number of rotatable bonds is 4. The lowest BCUT2D eigenvalue weighted by molar-refractivity contribution is 0.0724. The second-order valence-electron chi connectivity index (χ2n) is 7.55. The summed E-state index contributed by atoms with van der Waals surface area (Å²) in [4.78, 5) is 26.2. The Morgan fingerprint density at radius 2 is 1.86 bits per heavy atom. The quantitative estimate of drug-likeness (QED) is 0.795. The molecule has 7 heteroatoms. The number of aryl methyl sites for hydroxylation is 2. The maximum absolute atomic E-state index is 12.8. The maximum Gasteiger partial charge on any atom is 0.255 e. The zero-order chi connectivity index (χ0) is 19.5. The molecule has 1 fully saturated rings. The number of pyridine rings is 2. The number of hydrazine groups is 1. The molecular formula is C21H28N6O. The fourth-order valence-electron chi connectivity index (χ4n) is 4.07. The van der Waals surface area contributed by atoms with E-state index in [0.29, 0.717) is 5.56 Å². The molecule has 148 valence electrons. The molecule has 0 aliphatic carbocycles. The number of piperidine rings is 1. The third-order valence-electron chi connectivity index (χ3n) is 5.54. The third kappa shape index (κ3) is 3.67. The molecule has 1 amide bonds. The standard InChI is InChI=1S/C21H28N6O/c1-15-11-18(14-23-19(15)25-22-2)27-10-6-7-16-12-17(13-24-20(16)27)21(28)26-8-4-3-5-9-26/h11-14,22H,3-10H2,1-2H3,(H,23,25). The molecule has 0 aromatic carbocycles. The number of likely N-dealkylation sites (tertiary alicyclic amines) is 1. The van der Waals surface area contributed by atoms with Crippen LogP contribution in [0.4, 0.5) is 17.3 Å². The number of nitrogens with zero attached hydrogens (tertiary/aromatic N) is 4. The minimum absolute atomic E-state index is 0.118. The predicted molar refractivity (Wildman–Crippen MR) is 111 cm³/mol. The number of fused-ring (bicyclic) bond motifs is 1. The number of nitrogens with one attached hydrogen (secondary N) is 2. The molecule has 2 aliphatic rings. The first-order valence-corrected chi connectivity index (χ1v) is 10.1. The van der Waals surface area contributed by atoms with Crippen molar-refractivity contribution in [3.05, 3.63) is 41.2 Å². The van der Waals surface area contributed by atoms with Crippen molar-refractivity contribution in [2.24, 2.45) is 0 Å². The number of hydrogen-bond donors (Lipinski definition) is 2. The van der Waals surface area contributed by atoms with Crippen LogP contribution in [0.2, 0.25) is 0 Å². The lowest BCUT2D eigenvalue weighted by Gasteiger charge is -2.31. The van der Waals surface area contributed by atoms with Gasteiger partial charge in [0.05, 0.1) is 17.4 Å². The average molecular weight is 380 g/mol. The van der Waals surface area contributed by atoms with Gasteiger partial charge in [-0.1, -0.05) is 0 Å². The van der Waals surface area contributed by atoms with Gasteiger partial charge in [-0.15, -0.1) is 0 Å². The molecule has 0 bridgehead atoms. The number of amides is 1. The fourth-order valence-corrected chi connectivity index (χ4v) is 4.07. The minimum atomic E-state index is 0.118. The van der Waals surface area contributed by atoms with Crippen LogP contribution >= 0.6 is 0 Å². The average Bonchev–Trinajstić information content (AvgIpc) is 2.74. The summed E-state index contributed by atoms with van der Waals surface area (Å²) >= 11 is 0. The van der Waals surface area contributed by atoms with Crippen LogP contribution in [0.25, 0.3) is 0 Å². The first-order chi connectivity index (χ1) is 13.7. The number of carbonyl (C=O) groups is 1. The normalized spacial score (nSPS) is 16.6. The molecule has 7 nitrogen and oxygen atoms in total. The molecule has 2 aromatic heterocycles. The van der Waals surface area contributed by atoms with Crippen molar-refractivity contribution in [3.63, 3.8) is 0 Å². The Kier molecular flexibility index (Phi) is 5.43. The smallest absolute Gasteiger partial charge is 0.255 e. The van der Waals surface area contributed by atoms with Gasteiger partial charge < -0.3 is 15.2 Å². The molecule has 0 saturated carbocycles. The van der Waals surface area contributed by atoms with Crippen LogP contribution in [0.1, 0.15) is 47.2 Å². The largest absolute Gasteiger partial charge is 0.339 e. The van der Waals surface area contributed by atoms with Crippen molar-refractivity contribution in [3.8, 4) is 0 Å². The Balaban J connectivity index is 1.60. The summed E-state index contributed by atoms with van der Waals surface area (Å²) in [6.45, 7) is 4.66. The van der Waals surface area contributed by atoms with Gasteiger partial charge in [-0.05, 0) is 62.3 Å². The summed E-state index contributed by atoms with van der Waals surface area (Å²) < 4.78 is 0. The highest BCUT2D eigenvalue weighted by Crippen LogP contribution is 2.33. The van der Waals surface area contributed by atoms with E-state index >= 15 is 0 Å². The lowest BCUT2D eigenvalue weighted by Crippen LogP contribution is -2.36. The third-order valence-corrected chi connectivity index (χ3v) is 5.54. The van der Waals surface area contributed by atoms with Gasteiger partial charge in [0.1, 0.15) is 11.6 Å². The summed E-state index contributed by atoms with van der Waals surface area (Å²) in [7, 11) is 1.82. The van der Waals surface area contributed by atoms with Crippen LogP contribution < -0.4 is 15.8 Å². The van der Waals surface area contributed by atoms with Gasteiger partial charge >= 0.3 is 0 Å². The van der Waals surface area contributed by atoms with E-state index in [-0.39, 0.29) is 5.91 Å². The topological polar surface area (TPSA) is 73.4 Å². The fraction of sp³-hybridized carbons (Fsp3) is 0.476. The first-order valence-electron chi connectivity index (χ1n) is 10.1. The molecule has 0 spiro atoms. The van der Waals surface area contributed by atoms with E-state index in [1.165, 1.54) is 6.42 Å². The molecule has 4 heterocycles. The SMILES string of the molecule is CNNc1ncc(N2CCCc3cc(C(=O)N4CCCCC4)cnc32)cc1C. The van der Waals surface area contributed by atoms with Crippen LogP contribution in [0, 0.1) is 6.92 Å². The number of carbonyl (C=O) groups excluding carboxylic acids is 1. The lowest BCUT2D eigenvalue weighted by atomic mass is 10.0. The summed E-state index contributed by atoms with van der Waals surface area (Å²) in [6.07, 6.45) is 9.02. The zero-order valence-electron chi connectivity index (χ0n) is 16.7. The van der Waals surface area contributed by atoms with Crippen LogP contribution in [-0.2, 0) is 6.42 Å². The number of hydrogen-bond acceptors (Lipinski definition) is 6. The van der Waals surface area contributed by atoms with Crippen molar-refractivity contribution in [1.82, 2.24) is 20.3 Å². The van der Waals surface area contributed by atoms with Gasteiger partial charge in [-0.3, -0.25) is 4.79 Å². The van der Waals surface area contributed by atoms with Crippen molar-refractivity contribution in [2.45, 2.75) is 39.0 Å². The van der Waals surface area contributed by atoms with E-state index in [0.717, 1.165) is 73.8 Å². The molecule has 1 saturated heterocycles. The number of aromatic nitrogens is 2.